The average molecular weight is 234 g/mol. The molecule has 1 heterocycles. The van der Waals surface area contributed by atoms with Crippen molar-refractivity contribution >= 4 is 11.0 Å². The van der Waals surface area contributed by atoms with Crippen LogP contribution in [0.4, 0.5) is 0 Å². The number of methoxy groups -OCH3 is 2. The van der Waals surface area contributed by atoms with Crippen molar-refractivity contribution in [1.29, 1.82) is 0 Å². The van der Waals surface area contributed by atoms with Crippen LogP contribution in [0.2, 0.25) is 0 Å². The zero-order valence-electron chi connectivity index (χ0n) is 10.3. The van der Waals surface area contributed by atoms with E-state index >= 15 is 0 Å². The van der Waals surface area contributed by atoms with E-state index in [1.54, 1.807) is 20.1 Å². The van der Waals surface area contributed by atoms with E-state index in [0.29, 0.717) is 28.2 Å². The first-order valence-corrected chi connectivity index (χ1v) is 5.24. The average Bonchev–Trinajstić information content (AvgIpc) is 2.30. The molecule has 4 nitrogen and oxygen atoms in total. The van der Waals surface area contributed by atoms with Crippen molar-refractivity contribution in [1.82, 2.24) is 0 Å². The normalized spacial score (nSPS) is 10.6. The van der Waals surface area contributed by atoms with E-state index in [1.165, 1.54) is 13.2 Å². The molecule has 0 spiro atoms. The van der Waals surface area contributed by atoms with E-state index in [4.69, 9.17) is 13.9 Å². The second kappa shape index (κ2) is 4.13. The summed E-state index contributed by atoms with van der Waals surface area (Å²) in [6, 6.07) is 3.15. The van der Waals surface area contributed by atoms with Crippen molar-refractivity contribution in [3.63, 3.8) is 0 Å². The molecule has 1 aromatic carbocycles. The van der Waals surface area contributed by atoms with Gasteiger partial charge >= 0.3 is 0 Å². The smallest absolute Gasteiger partial charge is 0.196 e. The van der Waals surface area contributed by atoms with E-state index in [9.17, 15) is 4.79 Å². The minimum atomic E-state index is -0.105. The molecule has 0 bridgehead atoms. The molecule has 2 rings (SSSR count). The zero-order valence-corrected chi connectivity index (χ0v) is 10.3. The number of hydrogen-bond donors (Lipinski definition) is 0. The van der Waals surface area contributed by atoms with Gasteiger partial charge in [-0.3, -0.25) is 4.79 Å². The zero-order chi connectivity index (χ0) is 12.6. The van der Waals surface area contributed by atoms with Gasteiger partial charge in [0.2, 0.25) is 0 Å². The van der Waals surface area contributed by atoms with Crippen molar-refractivity contribution in [3.05, 3.63) is 33.7 Å². The van der Waals surface area contributed by atoms with Crippen LogP contribution < -0.4 is 14.9 Å². The molecule has 0 saturated heterocycles. The standard InChI is InChI=1S/C13H14O4/c1-7-5-9(14)12-11(16-4)6-10(15-3)8(2)13(12)17-7/h5-6H,1-4H3. The Hall–Kier alpha value is -1.97. The second-order valence-electron chi connectivity index (χ2n) is 3.83. The van der Waals surface area contributed by atoms with Crippen LogP contribution in [0.25, 0.3) is 11.0 Å². The van der Waals surface area contributed by atoms with Crippen LogP contribution in [0.5, 0.6) is 11.5 Å². The van der Waals surface area contributed by atoms with Crippen LogP contribution in [0.15, 0.2) is 21.3 Å². The van der Waals surface area contributed by atoms with Crippen molar-refractivity contribution in [2.24, 2.45) is 0 Å². The van der Waals surface area contributed by atoms with Gasteiger partial charge in [-0.05, 0) is 13.8 Å². The minimum Gasteiger partial charge on any atom is -0.496 e. The first-order chi connectivity index (χ1) is 8.08. The fourth-order valence-electron chi connectivity index (χ4n) is 1.89. The monoisotopic (exact) mass is 234 g/mol. The van der Waals surface area contributed by atoms with E-state index in [1.807, 2.05) is 6.92 Å². The van der Waals surface area contributed by atoms with E-state index in [2.05, 4.69) is 0 Å². The number of benzene rings is 1. The molecule has 0 fully saturated rings. The summed E-state index contributed by atoms with van der Waals surface area (Å²) in [7, 11) is 3.09. The summed E-state index contributed by atoms with van der Waals surface area (Å²) >= 11 is 0. The Morgan fingerprint density at radius 1 is 1.06 bits per heavy atom. The van der Waals surface area contributed by atoms with Gasteiger partial charge in [-0.25, -0.2) is 0 Å². The van der Waals surface area contributed by atoms with E-state index in [0.717, 1.165) is 5.56 Å². The molecule has 0 unspecified atom stereocenters. The van der Waals surface area contributed by atoms with Crippen LogP contribution in [0.3, 0.4) is 0 Å². The number of aryl methyl sites for hydroxylation is 2. The molecule has 0 amide bonds. The Morgan fingerprint density at radius 2 is 1.71 bits per heavy atom. The third-order valence-corrected chi connectivity index (χ3v) is 2.73. The molecule has 0 saturated carbocycles. The van der Waals surface area contributed by atoms with Crippen LogP contribution in [-0.4, -0.2) is 14.2 Å². The topological polar surface area (TPSA) is 48.7 Å². The summed E-state index contributed by atoms with van der Waals surface area (Å²) in [5, 5.41) is 0.455. The lowest BCUT2D eigenvalue weighted by Crippen LogP contribution is -2.04. The number of ether oxygens (including phenoxy) is 2. The third kappa shape index (κ3) is 1.75. The summed E-state index contributed by atoms with van der Waals surface area (Å²) < 4.78 is 16.0. The molecule has 0 aliphatic heterocycles. The van der Waals surface area contributed by atoms with Gasteiger partial charge < -0.3 is 13.9 Å². The molecular formula is C13H14O4. The molecule has 4 heteroatoms. The Labute approximate surface area is 98.8 Å². The number of fused-ring (bicyclic) bond motifs is 1. The van der Waals surface area contributed by atoms with Crippen molar-refractivity contribution in [3.8, 4) is 11.5 Å². The minimum absolute atomic E-state index is 0.105. The van der Waals surface area contributed by atoms with Gasteiger partial charge in [-0.2, -0.15) is 0 Å². The first kappa shape index (κ1) is 11.5. The van der Waals surface area contributed by atoms with Gasteiger partial charge in [-0.15, -0.1) is 0 Å². The molecule has 0 atom stereocenters. The van der Waals surface area contributed by atoms with E-state index < -0.39 is 0 Å². The third-order valence-electron chi connectivity index (χ3n) is 2.73. The van der Waals surface area contributed by atoms with Crippen molar-refractivity contribution in [2.45, 2.75) is 13.8 Å². The van der Waals surface area contributed by atoms with Gasteiger partial charge in [0.1, 0.15) is 28.2 Å². The number of rotatable bonds is 2. The first-order valence-electron chi connectivity index (χ1n) is 5.24. The fourth-order valence-corrected chi connectivity index (χ4v) is 1.89. The molecule has 0 aliphatic carbocycles. The molecular weight excluding hydrogens is 220 g/mol. The predicted molar refractivity (Wildman–Crippen MR) is 65.1 cm³/mol. The maximum atomic E-state index is 12.0. The van der Waals surface area contributed by atoms with E-state index in [-0.39, 0.29) is 5.43 Å². The molecule has 0 radical (unpaired) electrons. The lowest BCUT2D eigenvalue weighted by atomic mass is 10.1. The quantitative estimate of drug-likeness (QED) is 0.800. The molecule has 90 valence electrons. The van der Waals surface area contributed by atoms with Crippen molar-refractivity contribution < 1.29 is 13.9 Å². The highest BCUT2D eigenvalue weighted by molar-refractivity contribution is 5.88. The second-order valence-corrected chi connectivity index (χ2v) is 3.83. The summed E-state index contributed by atoms with van der Waals surface area (Å²) in [4.78, 5) is 12.0. The SMILES string of the molecule is COc1cc(OC)c2c(=O)cc(C)oc2c1C. The molecule has 2 aromatic rings. The Kier molecular flexibility index (Phi) is 2.79. The van der Waals surface area contributed by atoms with Gasteiger partial charge in [-0.1, -0.05) is 0 Å². The lowest BCUT2D eigenvalue weighted by molar-refractivity contribution is 0.393. The highest BCUT2D eigenvalue weighted by Gasteiger charge is 2.15. The molecule has 0 aliphatic rings. The van der Waals surface area contributed by atoms with Crippen molar-refractivity contribution in [2.75, 3.05) is 14.2 Å². The lowest BCUT2D eigenvalue weighted by Gasteiger charge is -2.11. The maximum Gasteiger partial charge on any atom is 0.196 e. The Balaban J connectivity index is 3.00. The van der Waals surface area contributed by atoms with Crippen LogP contribution >= 0.6 is 0 Å². The molecule has 0 N–H and O–H groups in total. The Bertz CT molecular complexity index is 625. The molecule has 1 aromatic heterocycles. The summed E-state index contributed by atoms with van der Waals surface area (Å²) in [5.41, 5.74) is 1.21. The highest BCUT2D eigenvalue weighted by Crippen LogP contribution is 2.33. The van der Waals surface area contributed by atoms with Crippen LogP contribution in [-0.2, 0) is 0 Å². The highest BCUT2D eigenvalue weighted by atomic mass is 16.5. The van der Waals surface area contributed by atoms with Gasteiger partial charge in [0.25, 0.3) is 0 Å². The summed E-state index contributed by atoms with van der Waals surface area (Å²) in [6.45, 7) is 3.59. The van der Waals surface area contributed by atoms with Crippen LogP contribution in [0, 0.1) is 13.8 Å². The summed E-state index contributed by atoms with van der Waals surface area (Å²) in [5.74, 6) is 1.68. The molecule has 17 heavy (non-hydrogen) atoms. The Morgan fingerprint density at radius 3 is 2.29 bits per heavy atom. The number of hydrogen-bond acceptors (Lipinski definition) is 4. The predicted octanol–water partition coefficient (Wildman–Crippen LogP) is 2.43. The fraction of sp³-hybridized carbons (Fsp3) is 0.308. The van der Waals surface area contributed by atoms with Gasteiger partial charge in [0, 0.05) is 17.7 Å². The maximum absolute atomic E-state index is 12.0. The van der Waals surface area contributed by atoms with Gasteiger partial charge in [0.15, 0.2) is 5.43 Å². The van der Waals surface area contributed by atoms with Crippen LogP contribution in [0.1, 0.15) is 11.3 Å². The summed E-state index contributed by atoms with van der Waals surface area (Å²) in [6.07, 6.45) is 0. The van der Waals surface area contributed by atoms with Gasteiger partial charge in [0.05, 0.1) is 14.2 Å². The largest absolute Gasteiger partial charge is 0.496 e.